The van der Waals surface area contributed by atoms with Crippen LogP contribution in [0.25, 0.3) is 0 Å². The Labute approximate surface area is 82.3 Å². The average molecular weight is 223 g/mol. The number of nitrogens with zero attached hydrogens (tertiary/aromatic N) is 2. The van der Waals surface area contributed by atoms with Gasteiger partial charge in [0.15, 0.2) is 5.69 Å². The highest BCUT2D eigenvalue weighted by Gasteiger charge is 2.37. The molecule has 1 aromatic heterocycles. The molecule has 5 nitrogen and oxygen atoms in total. The van der Waals surface area contributed by atoms with Crippen LogP contribution in [0.1, 0.15) is 18.7 Å². The van der Waals surface area contributed by atoms with Gasteiger partial charge in [-0.2, -0.15) is 18.3 Å². The highest BCUT2D eigenvalue weighted by molar-refractivity contribution is 5.71. The summed E-state index contributed by atoms with van der Waals surface area (Å²) in [6.45, 7) is 1.20. The number of carbonyl (C=O) groups is 1. The van der Waals surface area contributed by atoms with Crippen LogP contribution in [-0.4, -0.2) is 20.9 Å². The lowest BCUT2D eigenvalue weighted by molar-refractivity contribution is -0.144. The minimum absolute atomic E-state index is 0.587. The van der Waals surface area contributed by atoms with Gasteiger partial charge in [-0.3, -0.25) is 4.68 Å². The molecule has 1 aromatic rings. The van der Waals surface area contributed by atoms with Gasteiger partial charge in [-0.1, -0.05) is 0 Å². The summed E-state index contributed by atoms with van der Waals surface area (Å²) in [5.41, 5.74) is 3.21. The Balaban J connectivity index is 3.11. The molecular formula is C7H8F3N3O2. The minimum atomic E-state index is -4.67. The summed E-state index contributed by atoms with van der Waals surface area (Å²) >= 11 is 0. The lowest BCUT2D eigenvalue weighted by atomic mass is 10.3. The Morgan fingerprint density at radius 1 is 1.67 bits per heavy atom. The zero-order chi connectivity index (χ0) is 11.8. The fourth-order valence-corrected chi connectivity index (χ4v) is 0.938. The number of anilines is 1. The monoisotopic (exact) mass is 223 g/mol. The topological polar surface area (TPSA) is 81.1 Å². The molecule has 0 amide bonds. The first-order valence-corrected chi connectivity index (χ1v) is 3.88. The summed E-state index contributed by atoms with van der Waals surface area (Å²) in [6.07, 6.45) is -3.82. The summed E-state index contributed by atoms with van der Waals surface area (Å²) in [4.78, 5) is 10.5. The van der Waals surface area contributed by atoms with Gasteiger partial charge in [0.25, 0.3) is 0 Å². The summed E-state index contributed by atoms with van der Waals surface area (Å²) in [5, 5.41) is 11.6. The van der Waals surface area contributed by atoms with Crippen LogP contribution in [0.2, 0.25) is 0 Å². The van der Waals surface area contributed by atoms with Crippen LogP contribution in [0.5, 0.6) is 0 Å². The van der Waals surface area contributed by atoms with E-state index in [1.54, 1.807) is 0 Å². The van der Waals surface area contributed by atoms with E-state index in [1.807, 2.05) is 0 Å². The SMILES string of the molecule is C[C@H](C(=O)O)n1cc(N)c(C(F)(F)F)n1. The first kappa shape index (κ1) is 11.3. The van der Waals surface area contributed by atoms with Crippen molar-refractivity contribution in [2.75, 3.05) is 5.73 Å². The molecule has 0 radical (unpaired) electrons. The van der Waals surface area contributed by atoms with Crippen LogP contribution in [0, 0.1) is 0 Å². The maximum atomic E-state index is 12.2. The van der Waals surface area contributed by atoms with Gasteiger partial charge in [-0.15, -0.1) is 0 Å². The van der Waals surface area contributed by atoms with Crippen molar-refractivity contribution >= 4 is 11.7 Å². The maximum absolute atomic E-state index is 12.2. The van der Waals surface area contributed by atoms with Gasteiger partial charge in [0.1, 0.15) is 6.04 Å². The van der Waals surface area contributed by atoms with Gasteiger partial charge < -0.3 is 10.8 Å². The maximum Gasteiger partial charge on any atom is 0.437 e. The second-order valence-corrected chi connectivity index (χ2v) is 2.93. The zero-order valence-corrected chi connectivity index (χ0v) is 7.62. The van der Waals surface area contributed by atoms with Crippen molar-refractivity contribution in [1.29, 1.82) is 0 Å². The van der Waals surface area contributed by atoms with E-state index in [1.165, 1.54) is 6.92 Å². The van der Waals surface area contributed by atoms with Crippen LogP contribution in [-0.2, 0) is 11.0 Å². The Hall–Kier alpha value is -1.73. The number of carboxylic acid groups (broad SMARTS) is 1. The van der Waals surface area contributed by atoms with Crippen molar-refractivity contribution in [3.05, 3.63) is 11.9 Å². The molecule has 0 aromatic carbocycles. The van der Waals surface area contributed by atoms with Gasteiger partial charge in [0.05, 0.1) is 5.69 Å². The number of aliphatic carboxylic acids is 1. The summed E-state index contributed by atoms with van der Waals surface area (Å²) in [6, 6.07) is -1.19. The molecular weight excluding hydrogens is 215 g/mol. The molecule has 0 aliphatic carbocycles. The summed E-state index contributed by atoms with van der Waals surface area (Å²) in [7, 11) is 0. The van der Waals surface area contributed by atoms with E-state index in [2.05, 4.69) is 5.10 Å². The first-order chi connectivity index (χ1) is 6.73. The summed E-state index contributed by atoms with van der Waals surface area (Å²) < 4.78 is 37.3. The van der Waals surface area contributed by atoms with E-state index in [-0.39, 0.29) is 0 Å². The zero-order valence-electron chi connectivity index (χ0n) is 7.62. The first-order valence-electron chi connectivity index (χ1n) is 3.88. The van der Waals surface area contributed by atoms with E-state index >= 15 is 0 Å². The molecule has 15 heavy (non-hydrogen) atoms. The molecule has 0 saturated heterocycles. The fourth-order valence-electron chi connectivity index (χ4n) is 0.938. The number of alkyl halides is 3. The second-order valence-electron chi connectivity index (χ2n) is 2.93. The van der Waals surface area contributed by atoms with Crippen molar-refractivity contribution in [3.63, 3.8) is 0 Å². The number of hydrogen-bond acceptors (Lipinski definition) is 3. The number of rotatable bonds is 2. The molecule has 1 atom stereocenters. The van der Waals surface area contributed by atoms with Crippen molar-refractivity contribution in [2.24, 2.45) is 0 Å². The number of hydrogen-bond donors (Lipinski definition) is 2. The van der Waals surface area contributed by atoms with Crippen LogP contribution in [0.4, 0.5) is 18.9 Å². The van der Waals surface area contributed by atoms with E-state index in [9.17, 15) is 18.0 Å². The largest absolute Gasteiger partial charge is 0.480 e. The standard InChI is InChI=1S/C7H8F3N3O2/c1-3(6(14)15)13-2-4(11)5(12-13)7(8,9)10/h2-3H,11H2,1H3,(H,14,15)/t3-/m1/s1. The smallest absolute Gasteiger partial charge is 0.437 e. The minimum Gasteiger partial charge on any atom is -0.480 e. The van der Waals surface area contributed by atoms with Crippen molar-refractivity contribution < 1.29 is 23.1 Å². The Morgan fingerprint density at radius 2 is 2.20 bits per heavy atom. The molecule has 0 aliphatic heterocycles. The second kappa shape index (κ2) is 3.44. The molecule has 0 aliphatic rings. The molecule has 3 N–H and O–H groups in total. The number of aromatic nitrogens is 2. The van der Waals surface area contributed by atoms with E-state index in [0.717, 1.165) is 6.20 Å². The van der Waals surface area contributed by atoms with Crippen LogP contribution in [0.3, 0.4) is 0 Å². The number of nitrogen functional groups attached to an aromatic ring is 1. The third-order valence-electron chi connectivity index (χ3n) is 1.78. The normalized spacial score (nSPS) is 13.9. The molecule has 0 unspecified atom stereocenters. The van der Waals surface area contributed by atoms with Crippen LogP contribution < -0.4 is 5.73 Å². The molecule has 0 saturated carbocycles. The fraction of sp³-hybridized carbons (Fsp3) is 0.429. The lowest BCUT2D eigenvalue weighted by Crippen LogP contribution is -2.17. The molecule has 0 fully saturated rings. The number of nitrogens with two attached hydrogens (primary N) is 1. The quantitative estimate of drug-likeness (QED) is 0.787. The molecule has 8 heteroatoms. The van der Waals surface area contributed by atoms with Gasteiger partial charge in [-0.25, -0.2) is 4.79 Å². The van der Waals surface area contributed by atoms with Gasteiger partial charge in [0.2, 0.25) is 0 Å². The Kier molecular flexibility index (Phi) is 2.61. The third kappa shape index (κ3) is 2.20. The van der Waals surface area contributed by atoms with E-state index in [4.69, 9.17) is 10.8 Å². The predicted molar refractivity (Wildman–Crippen MR) is 44.0 cm³/mol. The van der Waals surface area contributed by atoms with Gasteiger partial charge in [0, 0.05) is 6.20 Å². The molecule has 84 valence electrons. The molecule has 0 spiro atoms. The van der Waals surface area contributed by atoms with E-state index < -0.39 is 29.6 Å². The molecule has 1 heterocycles. The Morgan fingerprint density at radius 3 is 2.53 bits per heavy atom. The van der Waals surface area contributed by atoms with Crippen molar-refractivity contribution in [2.45, 2.75) is 19.1 Å². The third-order valence-corrected chi connectivity index (χ3v) is 1.78. The molecule has 1 rings (SSSR count). The van der Waals surface area contributed by atoms with Crippen LogP contribution in [0.15, 0.2) is 6.20 Å². The highest BCUT2D eigenvalue weighted by Crippen LogP contribution is 2.32. The number of halogens is 3. The number of carboxylic acids is 1. The average Bonchev–Trinajstić information content (AvgIpc) is 2.44. The van der Waals surface area contributed by atoms with Gasteiger partial charge >= 0.3 is 12.1 Å². The van der Waals surface area contributed by atoms with Crippen molar-refractivity contribution in [1.82, 2.24) is 9.78 Å². The van der Waals surface area contributed by atoms with Crippen LogP contribution >= 0.6 is 0 Å². The highest BCUT2D eigenvalue weighted by atomic mass is 19.4. The lowest BCUT2D eigenvalue weighted by Gasteiger charge is -2.06. The summed E-state index contributed by atoms with van der Waals surface area (Å²) in [5.74, 6) is -1.29. The molecule has 0 bridgehead atoms. The van der Waals surface area contributed by atoms with E-state index in [0.29, 0.717) is 4.68 Å². The van der Waals surface area contributed by atoms with Gasteiger partial charge in [-0.05, 0) is 6.92 Å². The Bertz CT molecular complexity index is 385. The predicted octanol–water partition coefficient (Wildman–Crippen LogP) is 1.13. The van der Waals surface area contributed by atoms with Crippen molar-refractivity contribution in [3.8, 4) is 0 Å².